The van der Waals surface area contributed by atoms with Gasteiger partial charge in [0.05, 0.1) is 52.9 Å². The molecule has 2 atom stereocenters. The van der Waals surface area contributed by atoms with Gasteiger partial charge in [0.2, 0.25) is 11.8 Å². The first-order valence-electron chi connectivity index (χ1n) is 10.3. The number of nitriles is 1. The lowest BCUT2D eigenvalue weighted by Crippen LogP contribution is -2.44. The first kappa shape index (κ1) is 27.1. The lowest BCUT2D eigenvalue weighted by Gasteiger charge is -2.31. The molecule has 186 valence electrons. The highest BCUT2D eigenvalue weighted by Gasteiger charge is 2.44. The molecule has 3 rings (SSSR count). The van der Waals surface area contributed by atoms with Crippen molar-refractivity contribution in [2.75, 3.05) is 25.3 Å². The Hall–Kier alpha value is -3.52. The van der Waals surface area contributed by atoms with Gasteiger partial charge in [-0.15, -0.1) is 0 Å². The van der Waals surface area contributed by atoms with Crippen molar-refractivity contribution in [3.8, 4) is 6.07 Å². The van der Waals surface area contributed by atoms with Gasteiger partial charge in [0.25, 0.3) is 0 Å². The second-order valence-electron chi connectivity index (χ2n) is 7.40. The number of anilines is 1. The second kappa shape index (κ2) is 11.9. The number of nitrogens with one attached hydrogen (secondary N) is 2. The van der Waals surface area contributed by atoms with Crippen LogP contribution in [0.3, 0.4) is 0 Å². The van der Waals surface area contributed by atoms with Crippen molar-refractivity contribution in [3.05, 3.63) is 74.2 Å². The Morgan fingerprint density at radius 2 is 1.81 bits per heavy atom. The van der Waals surface area contributed by atoms with Crippen molar-refractivity contribution in [2.45, 2.75) is 5.92 Å². The Morgan fingerprint density at radius 3 is 2.39 bits per heavy atom. The quantitative estimate of drug-likeness (QED) is 0.393. The van der Waals surface area contributed by atoms with Gasteiger partial charge in [-0.2, -0.15) is 5.26 Å². The van der Waals surface area contributed by atoms with Gasteiger partial charge < -0.3 is 20.1 Å². The molecule has 1 aliphatic heterocycles. The number of allylic oxidation sites excluding steroid dienone is 1. The Balaban J connectivity index is 1.91. The van der Waals surface area contributed by atoms with Gasteiger partial charge in [0.15, 0.2) is 0 Å². The number of hydrogen-bond donors (Lipinski definition) is 2. The SMILES string of the molecule is COC(=O)c1ccc([C@@H]2C(C#N)=C(SCC(=O)Nc3ccc(Cl)cc3Cl)NC(=O)[C@@H]2C(=O)OC)cc1. The van der Waals surface area contributed by atoms with Crippen LogP contribution in [0.5, 0.6) is 0 Å². The van der Waals surface area contributed by atoms with E-state index in [9.17, 15) is 24.4 Å². The van der Waals surface area contributed by atoms with Crippen LogP contribution in [0.2, 0.25) is 10.0 Å². The van der Waals surface area contributed by atoms with Gasteiger partial charge in [-0.25, -0.2) is 4.79 Å². The van der Waals surface area contributed by atoms with E-state index >= 15 is 0 Å². The molecule has 0 aliphatic carbocycles. The summed E-state index contributed by atoms with van der Waals surface area (Å²) in [6.07, 6.45) is 0. The standard InChI is InChI=1S/C24H19Cl2N3O6S/c1-34-23(32)13-5-3-12(4-6-13)19-15(10-27)22(29-21(31)20(19)24(33)35-2)36-11-18(30)28-17-8-7-14(25)9-16(17)26/h3-9,19-20H,11H2,1-2H3,(H,28,30)(H,29,31)/t19-,20-/m1/s1. The molecule has 0 fully saturated rings. The number of carbonyl (C=O) groups excluding carboxylic acids is 4. The Bertz CT molecular complexity index is 1290. The Kier molecular flexibility index (Phi) is 8.98. The first-order chi connectivity index (χ1) is 17.2. The van der Waals surface area contributed by atoms with Crippen LogP contribution < -0.4 is 10.6 Å². The van der Waals surface area contributed by atoms with Crippen molar-refractivity contribution < 1.29 is 28.7 Å². The van der Waals surface area contributed by atoms with Gasteiger partial charge in [-0.05, 0) is 35.9 Å². The van der Waals surface area contributed by atoms with E-state index in [1.54, 1.807) is 12.1 Å². The molecule has 2 aromatic carbocycles. The number of benzene rings is 2. The smallest absolute Gasteiger partial charge is 0.337 e. The van der Waals surface area contributed by atoms with Crippen molar-refractivity contribution in [1.29, 1.82) is 5.26 Å². The number of esters is 2. The summed E-state index contributed by atoms with van der Waals surface area (Å²) in [4.78, 5) is 49.7. The number of methoxy groups -OCH3 is 2. The molecule has 2 aromatic rings. The van der Waals surface area contributed by atoms with Crippen LogP contribution in [0.1, 0.15) is 21.8 Å². The summed E-state index contributed by atoms with van der Waals surface area (Å²) >= 11 is 12.9. The van der Waals surface area contributed by atoms with E-state index in [1.807, 2.05) is 6.07 Å². The number of ether oxygens (including phenoxy) is 2. The minimum atomic E-state index is -1.35. The summed E-state index contributed by atoms with van der Waals surface area (Å²) in [5, 5.41) is 15.9. The highest BCUT2D eigenvalue weighted by molar-refractivity contribution is 8.03. The van der Waals surface area contributed by atoms with Crippen LogP contribution in [-0.4, -0.2) is 43.7 Å². The van der Waals surface area contributed by atoms with E-state index in [2.05, 4.69) is 10.6 Å². The fourth-order valence-electron chi connectivity index (χ4n) is 3.54. The molecule has 0 saturated heterocycles. The molecule has 9 nitrogen and oxygen atoms in total. The van der Waals surface area contributed by atoms with Crippen molar-refractivity contribution >= 4 is 64.4 Å². The highest BCUT2D eigenvalue weighted by Crippen LogP contribution is 2.40. The van der Waals surface area contributed by atoms with Crippen LogP contribution in [-0.2, 0) is 23.9 Å². The molecular weight excluding hydrogens is 529 g/mol. The zero-order valence-corrected chi connectivity index (χ0v) is 21.3. The third kappa shape index (κ3) is 5.99. The molecule has 0 bridgehead atoms. The number of hydrogen-bond acceptors (Lipinski definition) is 8. The lowest BCUT2D eigenvalue weighted by atomic mass is 9.78. The molecule has 1 heterocycles. The highest BCUT2D eigenvalue weighted by atomic mass is 35.5. The molecule has 36 heavy (non-hydrogen) atoms. The van der Waals surface area contributed by atoms with Gasteiger partial charge >= 0.3 is 11.9 Å². The number of halogens is 2. The summed E-state index contributed by atoms with van der Waals surface area (Å²) in [5.41, 5.74) is 1.10. The average Bonchev–Trinajstić information content (AvgIpc) is 2.87. The summed E-state index contributed by atoms with van der Waals surface area (Å²) in [5.74, 6) is -5.05. The number of nitrogens with zero attached hydrogens (tertiary/aromatic N) is 1. The zero-order chi connectivity index (χ0) is 26.4. The fourth-order valence-corrected chi connectivity index (χ4v) is 4.84. The van der Waals surface area contributed by atoms with E-state index in [-0.39, 0.29) is 26.9 Å². The van der Waals surface area contributed by atoms with Crippen LogP contribution in [0, 0.1) is 17.2 Å². The van der Waals surface area contributed by atoms with E-state index < -0.39 is 35.6 Å². The summed E-state index contributed by atoms with van der Waals surface area (Å²) in [7, 11) is 2.38. The molecule has 0 radical (unpaired) electrons. The molecule has 2 N–H and O–H groups in total. The summed E-state index contributed by atoms with van der Waals surface area (Å²) in [6, 6.07) is 12.6. The van der Waals surface area contributed by atoms with Crippen LogP contribution in [0.25, 0.3) is 0 Å². The summed E-state index contributed by atoms with van der Waals surface area (Å²) in [6.45, 7) is 0. The molecule has 2 amide bonds. The molecule has 0 spiro atoms. The maximum absolute atomic E-state index is 12.9. The van der Waals surface area contributed by atoms with Crippen molar-refractivity contribution in [1.82, 2.24) is 5.32 Å². The van der Waals surface area contributed by atoms with Gasteiger partial charge in [0, 0.05) is 10.9 Å². The molecule has 0 aromatic heterocycles. The van der Waals surface area contributed by atoms with E-state index in [0.717, 1.165) is 18.9 Å². The fraction of sp³-hybridized carbons (Fsp3) is 0.208. The van der Waals surface area contributed by atoms with Gasteiger partial charge in [-0.1, -0.05) is 47.1 Å². The minimum Gasteiger partial charge on any atom is -0.468 e. The Labute approximate surface area is 220 Å². The molecule has 1 aliphatic rings. The van der Waals surface area contributed by atoms with Crippen LogP contribution in [0.15, 0.2) is 53.1 Å². The predicted molar refractivity (Wildman–Crippen MR) is 134 cm³/mol. The molecule has 12 heteroatoms. The number of thioether (sulfide) groups is 1. The lowest BCUT2D eigenvalue weighted by molar-refractivity contribution is -0.150. The maximum atomic E-state index is 12.9. The first-order valence-corrected chi connectivity index (χ1v) is 12.0. The van der Waals surface area contributed by atoms with Crippen LogP contribution in [0.4, 0.5) is 5.69 Å². The Morgan fingerprint density at radius 1 is 1.11 bits per heavy atom. The number of amides is 2. The monoisotopic (exact) mass is 547 g/mol. The minimum absolute atomic E-state index is 0.0677. The normalized spacial score (nSPS) is 17.0. The number of rotatable bonds is 7. The number of carbonyl (C=O) groups is 4. The van der Waals surface area contributed by atoms with E-state index in [4.69, 9.17) is 32.7 Å². The third-order valence-corrected chi connectivity index (χ3v) is 6.79. The largest absolute Gasteiger partial charge is 0.468 e. The van der Waals surface area contributed by atoms with Gasteiger partial charge in [-0.3, -0.25) is 14.4 Å². The topological polar surface area (TPSA) is 135 Å². The third-order valence-electron chi connectivity index (χ3n) is 5.23. The maximum Gasteiger partial charge on any atom is 0.337 e. The van der Waals surface area contributed by atoms with Crippen molar-refractivity contribution in [3.63, 3.8) is 0 Å². The van der Waals surface area contributed by atoms with E-state index in [0.29, 0.717) is 16.3 Å². The molecule has 0 saturated carbocycles. The van der Waals surface area contributed by atoms with Gasteiger partial charge in [0.1, 0.15) is 5.92 Å². The molecular formula is C24H19Cl2N3O6S. The van der Waals surface area contributed by atoms with Crippen LogP contribution >= 0.6 is 35.0 Å². The van der Waals surface area contributed by atoms with Crippen molar-refractivity contribution in [2.24, 2.45) is 5.92 Å². The zero-order valence-electron chi connectivity index (χ0n) is 19.0. The predicted octanol–water partition coefficient (Wildman–Crippen LogP) is 3.89. The van der Waals surface area contributed by atoms with E-state index in [1.165, 1.54) is 37.4 Å². The molecule has 0 unspecified atom stereocenters. The summed E-state index contributed by atoms with van der Waals surface area (Å²) < 4.78 is 9.49. The average molecular weight is 548 g/mol. The second-order valence-corrected chi connectivity index (χ2v) is 9.23.